The molecule has 122 valence electrons. The van der Waals surface area contributed by atoms with Crippen molar-refractivity contribution in [1.29, 1.82) is 0 Å². The normalized spacial score (nSPS) is 11.5. The van der Waals surface area contributed by atoms with E-state index >= 15 is 0 Å². The summed E-state index contributed by atoms with van der Waals surface area (Å²) in [5.41, 5.74) is 7.75. The Morgan fingerprint density at radius 2 is 1.43 bits per heavy atom. The van der Waals surface area contributed by atoms with Crippen LogP contribution in [0, 0.1) is 5.41 Å². The van der Waals surface area contributed by atoms with Crippen molar-refractivity contribution in [1.82, 2.24) is 4.90 Å². The smallest absolute Gasteiger partial charge is 0.234 e. The Morgan fingerprint density at radius 1 is 1.00 bits per heavy atom. The molecule has 2 rings (SSSR count). The molecule has 2 aromatic rings. The molecule has 3 nitrogen and oxygen atoms in total. The van der Waals surface area contributed by atoms with E-state index in [1.54, 1.807) is 4.90 Å². The highest BCUT2D eigenvalue weighted by Crippen LogP contribution is 2.27. The Labute approximate surface area is 139 Å². The third kappa shape index (κ3) is 4.42. The van der Waals surface area contributed by atoms with Crippen LogP contribution in [0.25, 0.3) is 0 Å². The summed E-state index contributed by atoms with van der Waals surface area (Å²) in [6.07, 6.45) is 0. The fraction of sp³-hybridized carbons (Fsp3) is 0.350. The molecular weight excluding hydrogens is 284 g/mol. The van der Waals surface area contributed by atoms with E-state index in [1.165, 1.54) is 0 Å². The van der Waals surface area contributed by atoms with Crippen LogP contribution in [0.5, 0.6) is 0 Å². The summed E-state index contributed by atoms with van der Waals surface area (Å²) >= 11 is 0. The second-order valence-corrected chi connectivity index (χ2v) is 6.82. The molecule has 0 aliphatic carbocycles. The molecule has 3 heteroatoms. The number of amides is 1. The minimum absolute atomic E-state index is 0.0949. The van der Waals surface area contributed by atoms with Gasteiger partial charge in [0.15, 0.2) is 0 Å². The number of carbonyl (C=O) groups excluding carboxylic acids is 1. The van der Waals surface area contributed by atoms with Crippen LogP contribution in [0.2, 0.25) is 0 Å². The van der Waals surface area contributed by atoms with E-state index in [0.717, 1.165) is 11.1 Å². The van der Waals surface area contributed by atoms with Gasteiger partial charge in [0.1, 0.15) is 0 Å². The van der Waals surface area contributed by atoms with E-state index in [1.807, 2.05) is 67.7 Å². The average Bonchev–Trinajstić information content (AvgIpc) is 2.56. The largest absolute Gasteiger partial charge is 0.344 e. The van der Waals surface area contributed by atoms with Crippen molar-refractivity contribution in [3.8, 4) is 0 Å². The number of hydrogen-bond donors (Lipinski definition) is 1. The van der Waals surface area contributed by atoms with Crippen molar-refractivity contribution in [2.45, 2.75) is 19.8 Å². The maximum Gasteiger partial charge on any atom is 0.234 e. The number of nitrogens with zero attached hydrogens (tertiary/aromatic N) is 1. The van der Waals surface area contributed by atoms with Crippen LogP contribution in [0.4, 0.5) is 0 Å². The first-order chi connectivity index (χ1) is 10.9. The zero-order valence-electron chi connectivity index (χ0n) is 14.2. The molecule has 23 heavy (non-hydrogen) atoms. The number of likely N-dealkylation sites (N-methyl/N-ethyl adjacent to an activating group) is 1. The monoisotopic (exact) mass is 310 g/mol. The van der Waals surface area contributed by atoms with Crippen molar-refractivity contribution in [2.75, 3.05) is 20.1 Å². The Hall–Kier alpha value is -2.13. The second-order valence-electron chi connectivity index (χ2n) is 6.82. The molecule has 0 bridgehead atoms. The van der Waals surface area contributed by atoms with Crippen LogP contribution >= 0.6 is 0 Å². The summed E-state index contributed by atoms with van der Waals surface area (Å²) in [6, 6.07) is 19.9. The zero-order chi connectivity index (χ0) is 16.9. The summed E-state index contributed by atoms with van der Waals surface area (Å²) in [7, 11) is 1.86. The average molecular weight is 310 g/mol. The standard InChI is InChI=1S/C20H26N2O/c1-20(2,14-21)15-22(3)19(23)18(16-10-6-4-7-11-16)17-12-8-5-9-13-17/h4-13,18H,14-15,21H2,1-3H3. The zero-order valence-corrected chi connectivity index (χ0v) is 14.2. The molecule has 0 fully saturated rings. The molecular formula is C20H26N2O. The van der Waals surface area contributed by atoms with E-state index < -0.39 is 0 Å². The summed E-state index contributed by atoms with van der Waals surface area (Å²) in [5.74, 6) is -0.181. The molecule has 2 N–H and O–H groups in total. The number of carbonyl (C=O) groups is 1. The number of rotatable bonds is 6. The highest BCUT2D eigenvalue weighted by molar-refractivity contribution is 5.87. The quantitative estimate of drug-likeness (QED) is 0.890. The topological polar surface area (TPSA) is 46.3 Å². The van der Waals surface area contributed by atoms with Crippen molar-refractivity contribution < 1.29 is 4.79 Å². The first-order valence-electron chi connectivity index (χ1n) is 7.99. The maximum absolute atomic E-state index is 13.1. The molecule has 0 saturated heterocycles. The number of nitrogens with two attached hydrogens (primary N) is 1. The first-order valence-corrected chi connectivity index (χ1v) is 7.99. The third-order valence-electron chi connectivity index (χ3n) is 4.11. The Morgan fingerprint density at radius 3 is 1.83 bits per heavy atom. The Balaban J connectivity index is 2.33. The molecule has 0 aliphatic rings. The van der Waals surface area contributed by atoms with Crippen molar-refractivity contribution in [2.24, 2.45) is 11.1 Å². The number of hydrogen-bond acceptors (Lipinski definition) is 2. The minimum Gasteiger partial charge on any atom is -0.344 e. The van der Waals surface area contributed by atoms with Crippen LogP contribution in [0.3, 0.4) is 0 Å². The number of benzene rings is 2. The summed E-state index contributed by atoms with van der Waals surface area (Å²) < 4.78 is 0. The highest BCUT2D eigenvalue weighted by atomic mass is 16.2. The fourth-order valence-electron chi connectivity index (χ4n) is 2.77. The molecule has 0 heterocycles. The molecule has 2 aromatic carbocycles. The predicted octanol–water partition coefficient (Wildman–Crippen LogP) is 3.26. The molecule has 0 aromatic heterocycles. The van der Waals surface area contributed by atoms with Crippen molar-refractivity contribution >= 4 is 5.91 Å². The van der Waals surface area contributed by atoms with Gasteiger partial charge >= 0.3 is 0 Å². The van der Waals surface area contributed by atoms with E-state index in [0.29, 0.717) is 13.1 Å². The molecule has 0 radical (unpaired) electrons. The summed E-state index contributed by atoms with van der Waals surface area (Å²) in [4.78, 5) is 14.9. The van der Waals surface area contributed by atoms with Gasteiger partial charge in [-0.3, -0.25) is 4.79 Å². The lowest BCUT2D eigenvalue weighted by Crippen LogP contribution is -2.41. The van der Waals surface area contributed by atoms with E-state index in [4.69, 9.17) is 5.73 Å². The van der Waals surface area contributed by atoms with Crippen LogP contribution in [0.1, 0.15) is 30.9 Å². The SMILES string of the molecule is CN(CC(C)(C)CN)C(=O)C(c1ccccc1)c1ccccc1. The maximum atomic E-state index is 13.1. The third-order valence-corrected chi connectivity index (χ3v) is 4.11. The van der Waals surface area contributed by atoms with Crippen molar-refractivity contribution in [3.05, 3.63) is 71.8 Å². The molecule has 0 unspecified atom stereocenters. The van der Waals surface area contributed by atoms with Gasteiger partial charge in [0.25, 0.3) is 0 Å². The van der Waals surface area contributed by atoms with E-state index in [2.05, 4.69) is 13.8 Å². The van der Waals surface area contributed by atoms with Gasteiger partial charge in [0.2, 0.25) is 5.91 Å². The fourth-order valence-corrected chi connectivity index (χ4v) is 2.77. The lowest BCUT2D eigenvalue weighted by Gasteiger charge is -2.31. The van der Waals surface area contributed by atoms with Gasteiger partial charge in [-0.2, -0.15) is 0 Å². The lowest BCUT2D eigenvalue weighted by atomic mass is 9.88. The van der Waals surface area contributed by atoms with E-state index in [9.17, 15) is 4.79 Å². The summed E-state index contributed by atoms with van der Waals surface area (Å²) in [6.45, 7) is 5.35. The molecule has 1 amide bonds. The van der Waals surface area contributed by atoms with E-state index in [-0.39, 0.29) is 17.2 Å². The molecule has 0 aliphatic heterocycles. The second kappa shape index (κ2) is 7.42. The molecule has 0 saturated carbocycles. The highest BCUT2D eigenvalue weighted by Gasteiger charge is 2.28. The van der Waals surface area contributed by atoms with Crippen LogP contribution in [-0.4, -0.2) is 30.9 Å². The first kappa shape index (κ1) is 17.2. The van der Waals surface area contributed by atoms with Gasteiger partial charge in [-0.25, -0.2) is 0 Å². The van der Waals surface area contributed by atoms with Gasteiger partial charge in [0, 0.05) is 13.6 Å². The van der Waals surface area contributed by atoms with Gasteiger partial charge in [-0.15, -0.1) is 0 Å². The van der Waals surface area contributed by atoms with Crippen LogP contribution < -0.4 is 5.73 Å². The summed E-state index contributed by atoms with van der Waals surface area (Å²) in [5, 5.41) is 0. The minimum atomic E-state index is -0.282. The van der Waals surface area contributed by atoms with Gasteiger partial charge in [0.05, 0.1) is 5.92 Å². The van der Waals surface area contributed by atoms with Gasteiger partial charge in [-0.1, -0.05) is 74.5 Å². The lowest BCUT2D eigenvalue weighted by molar-refractivity contribution is -0.131. The molecule has 0 spiro atoms. The Bertz CT molecular complexity index is 583. The Kier molecular flexibility index (Phi) is 5.56. The van der Waals surface area contributed by atoms with Crippen molar-refractivity contribution in [3.63, 3.8) is 0 Å². The van der Waals surface area contributed by atoms with Crippen LogP contribution in [-0.2, 0) is 4.79 Å². The molecule has 0 atom stereocenters. The van der Waals surface area contributed by atoms with Gasteiger partial charge in [-0.05, 0) is 23.1 Å². The van der Waals surface area contributed by atoms with Crippen LogP contribution in [0.15, 0.2) is 60.7 Å². The predicted molar refractivity (Wildman–Crippen MR) is 95.2 cm³/mol. The van der Waals surface area contributed by atoms with Gasteiger partial charge < -0.3 is 10.6 Å².